The number of fused-ring (bicyclic) bond motifs is 1. The van der Waals surface area contributed by atoms with Gasteiger partial charge < -0.3 is 15.5 Å². The second-order valence-corrected chi connectivity index (χ2v) is 8.52. The van der Waals surface area contributed by atoms with Crippen LogP contribution in [0.4, 0.5) is 10.5 Å². The average Bonchev–Trinajstić information content (AvgIpc) is 3.35. The number of anilines is 1. The van der Waals surface area contributed by atoms with Crippen LogP contribution in [0.2, 0.25) is 0 Å². The Morgan fingerprint density at radius 1 is 1.15 bits per heavy atom. The molecule has 5 nitrogen and oxygen atoms in total. The lowest BCUT2D eigenvalue weighted by Gasteiger charge is -2.37. The zero-order chi connectivity index (χ0) is 18.6. The number of nitrogens with zero attached hydrogens (tertiary/aromatic N) is 2. The highest BCUT2D eigenvalue weighted by molar-refractivity contribution is 7.10. The van der Waals surface area contributed by atoms with Crippen LogP contribution in [-0.2, 0) is 12.8 Å². The van der Waals surface area contributed by atoms with E-state index in [9.17, 15) is 4.79 Å². The van der Waals surface area contributed by atoms with Crippen molar-refractivity contribution in [3.8, 4) is 0 Å². The zero-order valence-electron chi connectivity index (χ0n) is 15.9. The maximum Gasteiger partial charge on any atom is 0.319 e. The van der Waals surface area contributed by atoms with E-state index in [2.05, 4.69) is 57.1 Å². The van der Waals surface area contributed by atoms with Crippen molar-refractivity contribution in [3.63, 3.8) is 0 Å². The van der Waals surface area contributed by atoms with Gasteiger partial charge in [-0.15, -0.1) is 11.3 Å². The molecule has 144 valence electrons. The highest BCUT2D eigenvalue weighted by Gasteiger charge is 2.25. The molecule has 2 amide bonds. The molecule has 6 heteroatoms. The minimum absolute atomic E-state index is 0.122. The van der Waals surface area contributed by atoms with Gasteiger partial charge in [0.15, 0.2) is 0 Å². The van der Waals surface area contributed by atoms with Crippen LogP contribution in [0.15, 0.2) is 35.7 Å². The van der Waals surface area contributed by atoms with Crippen molar-refractivity contribution >= 4 is 23.1 Å². The summed E-state index contributed by atoms with van der Waals surface area (Å²) < 4.78 is 0. The first kappa shape index (κ1) is 18.5. The van der Waals surface area contributed by atoms with Gasteiger partial charge in [-0.2, -0.15) is 0 Å². The molecule has 2 heterocycles. The molecule has 0 radical (unpaired) electrons. The molecule has 0 saturated carbocycles. The number of amides is 2. The van der Waals surface area contributed by atoms with Gasteiger partial charge in [0.2, 0.25) is 0 Å². The van der Waals surface area contributed by atoms with E-state index in [0.717, 1.165) is 44.7 Å². The van der Waals surface area contributed by atoms with Crippen molar-refractivity contribution in [2.45, 2.75) is 25.3 Å². The molecule has 2 N–H and O–H groups in total. The molecule has 1 aromatic heterocycles. The third kappa shape index (κ3) is 4.51. The molecule has 2 aliphatic rings. The Hall–Kier alpha value is -1.89. The van der Waals surface area contributed by atoms with Gasteiger partial charge in [0.1, 0.15) is 0 Å². The van der Waals surface area contributed by atoms with Crippen molar-refractivity contribution in [1.82, 2.24) is 15.1 Å². The van der Waals surface area contributed by atoms with Gasteiger partial charge in [-0.05, 0) is 61.0 Å². The first-order chi connectivity index (χ1) is 13.2. The van der Waals surface area contributed by atoms with Crippen LogP contribution in [0.25, 0.3) is 0 Å². The van der Waals surface area contributed by atoms with Crippen molar-refractivity contribution in [1.29, 1.82) is 0 Å². The third-order valence-corrected chi connectivity index (χ3v) is 6.64. The number of hydrogen-bond acceptors (Lipinski definition) is 4. The maximum atomic E-state index is 12.5. The van der Waals surface area contributed by atoms with Crippen LogP contribution in [0.3, 0.4) is 0 Å². The summed E-state index contributed by atoms with van der Waals surface area (Å²) in [5, 5.41) is 8.22. The summed E-state index contributed by atoms with van der Waals surface area (Å²) in [5.41, 5.74) is 3.69. The van der Waals surface area contributed by atoms with E-state index in [4.69, 9.17) is 0 Å². The molecule has 1 atom stereocenters. The van der Waals surface area contributed by atoms with Crippen LogP contribution in [-0.4, -0.2) is 55.6 Å². The van der Waals surface area contributed by atoms with Gasteiger partial charge in [-0.3, -0.25) is 4.90 Å². The lowest BCUT2D eigenvalue weighted by Crippen LogP contribution is -2.48. The Morgan fingerprint density at radius 2 is 1.96 bits per heavy atom. The second-order valence-electron chi connectivity index (χ2n) is 7.54. The number of benzene rings is 1. The van der Waals surface area contributed by atoms with E-state index in [1.54, 1.807) is 11.3 Å². The minimum atomic E-state index is -0.122. The van der Waals surface area contributed by atoms with Gasteiger partial charge in [-0.1, -0.05) is 12.1 Å². The summed E-state index contributed by atoms with van der Waals surface area (Å²) in [6.45, 7) is 4.84. The predicted octanol–water partition coefficient (Wildman–Crippen LogP) is 3.35. The highest BCUT2D eigenvalue weighted by Crippen LogP contribution is 2.26. The fraction of sp³-hybridized carbons (Fsp3) is 0.476. The molecule has 0 unspecified atom stereocenters. The van der Waals surface area contributed by atoms with Crippen LogP contribution < -0.4 is 10.6 Å². The molecule has 1 fully saturated rings. The third-order valence-electron chi connectivity index (χ3n) is 5.66. The predicted molar refractivity (Wildman–Crippen MR) is 112 cm³/mol. The number of carbonyl (C=O) groups is 1. The fourth-order valence-corrected chi connectivity index (χ4v) is 4.90. The quantitative estimate of drug-likeness (QED) is 0.831. The Morgan fingerprint density at radius 3 is 2.74 bits per heavy atom. The molecule has 4 rings (SSSR count). The van der Waals surface area contributed by atoms with E-state index >= 15 is 0 Å². The fourth-order valence-electron chi connectivity index (χ4n) is 4.04. The van der Waals surface area contributed by atoms with E-state index in [-0.39, 0.29) is 12.1 Å². The standard InChI is InChI=1S/C21H28N4OS/c1-24-9-11-25(12-10-24)19(20-6-3-13-27-20)15-22-21(26)23-18-8-7-16-4-2-5-17(16)14-18/h3,6-8,13-14,19H,2,4-5,9-12,15H2,1H3,(H2,22,23,26)/t19-/m0/s1. The highest BCUT2D eigenvalue weighted by atomic mass is 32.1. The number of piperazine rings is 1. The second kappa shape index (κ2) is 8.42. The summed E-state index contributed by atoms with van der Waals surface area (Å²) in [5.74, 6) is 0. The van der Waals surface area contributed by atoms with Crippen LogP contribution in [0, 0.1) is 0 Å². The molecule has 1 aromatic carbocycles. The van der Waals surface area contributed by atoms with Gasteiger partial charge in [0.25, 0.3) is 0 Å². The average molecular weight is 385 g/mol. The maximum absolute atomic E-state index is 12.5. The number of carbonyl (C=O) groups excluding carboxylic acids is 1. The van der Waals surface area contributed by atoms with E-state index in [1.807, 2.05) is 6.07 Å². The molecular weight excluding hydrogens is 356 g/mol. The van der Waals surface area contributed by atoms with E-state index in [0.29, 0.717) is 6.54 Å². The molecule has 27 heavy (non-hydrogen) atoms. The lowest BCUT2D eigenvalue weighted by atomic mass is 10.1. The molecule has 2 aromatic rings. The first-order valence-electron chi connectivity index (χ1n) is 9.82. The summed E-state index contributed by atoms with van der Waals surface area (Å²) in [7, 11) is 2.17. The largest absolute Gasteiger partial charge is 0.336 e. The van der Waals surface area contributed by atoms with Crippen molar-refractivity contribution in [3.05, 3.63) is 51.7 Å². The summed E-state index contributed by atoms with van der Waals surface area (Å²) in [6, 6.07) is 10.7. The number of nitrogens with one attached hydrogen (secondary N) is 2. The number of hydrogen-bond donors (Lipinski definition) is 2. The van der Waals surface area contributed by atoms with Crippen LogP contribution >= 0.6 is 11.3 Å². The Kier molecular flexibility index (Phi) is 5.76. The summed E-state index contributed by atoms with van der Waals surface area (Å²) >= 11 is 1.77. The van der Waals surface area contributed by atoms with Gasteiger partial charge >= 0.3 is 6.03 Å². The van der Waals surface area contributed by atoms with Crippen molar-refractivity contribution < 1.29 is 4.79 Å². The first-order valence-corrected chi connectivity index (χ1v) is 10.7. The normalized spacial score (nSPS) is 18.9. The Balaban J connectivity index is 1.36. The number of urea groups is 1. The van der Waals surface area contributed by atoms with Gasteiger partial charge in [0.05, 0.1) is 6.04 Å². The van der Waals surface area contributed by atoms with Crippen LogP contribution in [0.5, 0.6) is 0 Å². The minimum Gasteiger partial charge on any atom is -0.336 e. The molecule has 1 saturated heterocycles. The number of aryl methyl sites for hydroxylation is 2. The van der Waals surface area contributed by atoms with Gasteiger partial charge in [0, 0.05) is 43.3 Å². The smallest absolute Gasteiger partial charge is 0.319 e. The van der Waals surface area contributed by atoms with Gasteiger partial charge in [-0.25, -0.2) is 4.79 Å². The summed E-state index contributed by atoms with van der Waals surface area (Å²) in [6.07, 6.45) is 3.50. The number of thiophene rings is 1. The Labute approximate surface area is 165 Å². The number of likely N-dealkylation sites (N-methyl/N-ethyl adjacent to an activating group) is 1. The molecule has 0 spiro atoms. The van der Waals surface area contributed by atoms with Crippen molar-refractivity contribution in [2.75, 3.05) is 45.1 Å². The Bertz CT molecular complexity index is 768. The molecule has 1 aliphatic heterocycles. The van der Waals surface area contributed by atoms with E-state index < -0.39 is 0 Å². The molecule has 1 aliphatic carbocycles. The monoisotopic (exact) mass is 384 g/mol. The zero-order valence-corrected chi connectivity index (χ0v) is 16.7. The topological polar surface area (TPSA) is 47.6 Å². The van der Waals surface area contributed by atoms with E-state index in [1.165, 1.54) is 22.4 Å². The SMILES string of the molecule is CN1CCN([C@@H](CNC(=O)Nc2ccc3c(c2)CCC3)c2cccs2)CC1. The summed E-state index contributed by atoms with van der Waals surface area (Å²) in [4.78, 5) is 18.6. The number of rotatable bonds is 5. The molecule has 0 bridgehead atoms. The lowest BCUT2D eigenvalue weighted by molar-refractivity contribution is 0.113. The van der Waals surface area contributed by atoms with Crippen molar-refractivity contribution in [2.24, 2.45) is 0 Å². The molecular formula is C21H28N4OS. The van der Waals surface area contributed by atoms with Crippen LogP contribution in [0.1, 0.15) is 28.5 Å².